The van der Waals surface area contributed by atoms with E-state index in [9.17, 15) is 9.59 Å². The Balaban J connectivity index is 1.98. The average Bonchev–Trinajstić information content (AvgIpc) is 3.21. The Labute approximate surface area is 192 Å². The Bertz CT molecular complexity index is 1250. The van der Waals surface area contributed by atoms with E-state index in [-0.39, 0.29) is 11.7 Å². The maximum absolute atomic E-state index is 12.7. The molecule has 0 bridgehead atoms. The summed E-state index contributed by atoms with van der Waals surface area (Å²) in [5.74, 6) is 6.28. The quantitative estimate of drug-likeness (QED) is 0.520. The molecule has 172 valence electrons. The molecule has 10 heteroatoms. The molecule has 10 nitrogen and oxygen atoms in total. The van der Waals surface area contributed by atoms with Gasteiger partial charge in [0.2, 0.25) is 5.91 Å². The van der Waals surface area contributed by atoms with E-state index in [1.165, 1.54) is 18.2 Å². The molecule has 0 saturated heterocycles. The van der Waals surface area contributed by atoms with Crippen LogP contribution in [0.5, 0.6) is 0 Å². The van der Waals surface area contributed by atoms with Gasteiger partial charge in [-0.25, -0.2) is 19.7 Å². The van der Waals surface area contributed by atoms with Gasteiger partial charge in [0.05, 0.1) is 24.1 Å². The van der Waals surface area contributed by atoms with Crippen molar-refractivity contribution in [3.05, 3.63) is 41.5 Å². The lowest BCUT2D eigenvalue weighted by molar-refractivity contribution is -0.119. The minimum atomic E-state index is -0.657. The number of nitrogens with one attached hydrogen (secondary N) is 2. The number of imidazole rings is 1. The molecule has 0 aliphatic heterocycles. The van der Waals surface area contributed by atoms with Crippen molar-refractivity contribution in [1.29, 1.82) is 0 Å². The summed E-state index contributed by atoms with van der Waals surface area (Å²) in [6.45, 7) is 9.28. The van der Waals surface area contributed by atoms with Gasteiger partial charge in [-0.3, -0.25) is 9.69 Å². The Kier molecular flexibility index (Phi) is 6.82. The molecule has 0 saturated carbocycles. The molecule has 0 aromatic carbocycles. The minimum Gasteiger partial charge on any atom is -0.443 e. The van der Waals surface area contributed by atoms with Crippen LogP contribution in [0.15, 0.2) is 24.5 Å². The molecule has 0 aliphatic rings. The molecule has 4 N–H and O–H groups in total. The van der Waals surface area contributed by atoms with Gasteiger partial charge in [-0.05, 0) is 45.7 Å². The standard InChI is InChI=1S/C23H27N7O3/c1-6-30(22(32)33-23(3,4)5)21-19-18(26-13-27-19)17(20(24)29-21)11-10-15-8-7-9-16(28-15)12-25-14(2)31/h7-9,13H,6,12H2,1-5H3,(H2,24,29)(H,25,31)(H,26,27). The van der Waals surface area contributed by atoms with Crippen molar-refractivity contribution >= 4 is 34.7 Å². The second kappa shape index (κ2) is 9.56. The molecule has 33 heavy (non-hydrogen) atoms. The zero-order valence-corrected chi connectivity index (χ0v) is 19.3. The van der Waals surface area contributed by atoms with Crippen LogP contribution in [-0.2, 0) is 16.1 Å². The molecule has 2 amide bonds. The fourth-order valence-corrected chi connectivity index (χ4v) is 2.99. The molecular formula is C23H27N7O3. The monoisotopic (exact) mass is 449 g/mol. The molecule has 0 fully saturated rings. The predicted molar refractivity (Wildman–Crippen MR) is 125 cm³/mol. The second-order valence-electron chi connectivity index (χ2n) is 8.22. The van der Waals surface area contributed by atoms with Crippen molar-refractivity contribution in [2.24, 2.45) is 0 Å². The van der Waals surface area contributed by atoms with Gasteiger partial charge in [-0.2, -0.15) is 0 Å². The van der Waals surface area contributed by atoms with E-state index < -0.39 is 11.7 Å². The number of hydrogen-bond donors (Lipinski definition) is 3. The highest BCUT2D eigenvalue weighted by Gasteiger charge is 2.26. The Morgan fingerprint density at radius 3 is 2.67 bits per heavy atom. The van der Waals surface area contributed by atoms with E-state index >= 15 is 0 Å². The number of carbonyl (C=O) groups excluding carboxylic acids is 2. The number of nitrogen functional groups attached to an aromatic ring is 1. The maximum atomic E-state index is 12.7. The second-order valence-corrected chi connectivity index (χ2v) is 8.22. The van der Waals surface area contributed by atoms with Gasteiger partial charge in [0.25, 0.3) is 0 Å². The largest absolute Gasteiger partial charge is 0.443 e. The normalized spacial score (nSPS) is 10.9. The number of aromatic nitrogens is 4. The number of pyridine rings is 2. The first-order chi connectivity index (χ1) is 15.6. The molecule has 3 aromatic rings. The molecule has 3 heterocycles. The number of H-pyrrole nitrogens is 1. The topological polar surface area (TPSA) is 139 Å². The van der Waals surface area contributed by atoms with Crippen molar-refractivity contribution in [1.82, 2.24) is 25.3 Å². The first kappa shape index (κ1) is 23.5. The molecule has 0 unspecified atom stereocenters. The van der Waals surface area contributed by atoms with Gasteiger partial charge in [0.15, 0.2) is 5.82 Å². The average molecular weight is 450 g/mol. The van der Waals surface area contributed by atoms with Crippen LogP contribution < -0.4 is 16.0 Å². The van der Waals surface area contributed by atoms with Gasteiger partial charge in [0, 0.05) is 13.5 Å². The van der Waals surface area contributed by atoms with Gasteiger partial charge >= 0.3 is 6.09 Å². The molecule has 0 atom stereocenters. The molecule has 0 radical (unpaired) electrons. The number of anilines is 2. The van der Waals surface area contributed by atoms with E-state index in [1.54, 1.807) is 32.9 Å². The van der Waals surface area contributed by atoms with Crippen LogP contribution >= 0.6 is 0 Å². The van der Waals surface area contributed by atoms with Crippen LogP contribution in [0.2, 0.25) is 0 Å². The number of nitrogens with two attached hydrogens (primary N) is 1. The number of fused-ring (bicyclic) bond motifs is 1. The molecule has 0 spiro atoms. The summed E-state index contributed by atoms with van der Waals surface area (Å²) < 4.78 is 5.50. The van der Waals surface area contributed by atoms with Crippen LogP contribution in [-0.4, -0.2) is 44.1 Å². The van der Waals surface area contributed by atoms with Gasteiger partial charge in [-0.1, -0.05) is 12.0 Å². The summed E-state index contributed by atoms with van der Waals surface area (Å²) >= 11 is 0. The fourth-order valence-electron chi connectivity index (χ4n) is 2.99. The fraction of sp³-hybridized carbons (Fsp3) is 0.348. The van der Waals surface area contributed by atoms with Crippen LogP contribution in [0.1, 0.15) is 51.6 Å². The Hall–Kier alpha value is -4.13. The van der Waals surface area contributed by atoms with E-state index in [1.807, 2.05) is 13.0 Å². The summed E-state index contributed by atoms with van der Waals surface area (Å²) in [5, 5.41) is 2.70. The number of nitrogens with zero attached hydrogens (tertiary/aromatic N) is 4. The Morgan fingerprint density at radius 1 is 1.24 bits per heavy atom. The SMILES string of the molecule is CCN(C(=O)OC(C)(C)C)c1nc(N)c(C#Cc2cccc(CNC(C)=O)n2)c2nc[nH]c12. The lowest BCUT2D eigenvalue weighted by atomic mass is 10.2. The van der Waals surface area contributed by atoms with Crippen molar-refractivity contribution in [2.45, 2.75) is 46.8 Å². The van der Waals surface area contributed by atoms with Crippen molar-refractivity contribution in [2.75, 3.05) is 17.2 Å². The minimum absolute atomic E-state index is 0.133. The maximum Gasteiger partial charge on any atom is 0.416 e. The summed E-state index contributed by atoms with van der Waals surface area (Å²) in [7, 11) is 0. The summed E-state index contributed by atoms with van der Waals surface area (Å²) in [6.07, 6.45) is 0.960. The van der Waals surface area contributed by atoms with Crippen molar-refractivity contribution in [3.8, 4) is 11.8 Å². The van der Waals surface area contributed by atoms with E-state index in [0.717, 1.165) is 0 Å². The van der Waals surface area contributed by atoms with Crippen LogP contribution in [0.25, 0.3) is 11.0 Å². The first-order valence-electron chi connectivity index (χ1n) is 10.4. The number of aromatic amines is 1. The number of rotatable bonds is 4. The predicted octanol–water partition coefficient (Wildman–Crippen LogP) is 2.73. The smallest absolute Gasteiger partial charge is 0.416 e. The summed E-state index contributed by atoms with van der Waals surface area (Å²) in [5.41, 5.74) is 8.19. The van der Waals surface area contributed by atoms with Crippen LogP contribution in [0, 0.1) is 11.8 Å². The number of hydrogen-bond acceptors (Lipinski definition) is 7. The van der Waals surface area contributed by atoms with Gasteiger partial charge < -0.3 is 20.8 Å². The van der Waals surface area contributed by atoms with E-state index in [4.69, 9.17) is 10.5 Å². The number of ether oxygens (including phenoxy) is 1. The lowest BCUT2D eigenvalue weighted by Crippen LogP contribution is -2.37. The molecule has 3 rings (SSSR count). The van der Waals surface area contributed by atoms with Crippen molar-refractivity contribution in [3.63, 3.8) is 0 Å². The third kappa shape index (κ3) is 5.77. The van der Waals surface area contributed by atoms with Gasteiger partial charge in [0.1, 0.15) is 28.1 Å². The third-order valence-corrected chi connectivity index (χ3v) is 4.41. The first-order valence-corrected chi connectivity index (χ1v) is 10.4. The molecule has 0 aliphatic carbocycles. The van der Waals surface area contributed by atoms with Crippen LogP contribution in [0.4, 0.5) is 16.4 Å². The van der Waals surface area contributed by atoms with Crippen molar-refractivity contribution < 1.29 is 14.3 Å². The zero-order valence-electron chi connectivity index (χ0n) is 19.3. The highest BCUT2D eigenvalue weighted by atomic mass is 16.6. The highest BCUT2D eigenvalue weighted by molar-refractivity contribution is 6.00. The molecule has 3 aromatic heterocycles. The van der Waals surface area contributed by atoms with Crippen LogP contribution in [0.3, 0.4) is 0 Å². The number of amides is 2. The van der Waals surface area contributed by atoms with E-state index in [2.05, 4.69) is 37.1 Å². The zero-order chi connectivity index (χ0) is 24.2. The summed E-state index contributed by atoms with van der Waals surface area (Å²) in [6, 6.07) is 5.36. The lowest BCUT2D eigenvalue weighted by Gasteiger charge is -2.26. The third-order valence-electron chi connectivity index (χ3n) is 4.41. The Morgan fingerprint density at radius 2 is 2.00 bits per heavy atom. The summed E-state index contributed by atoms with van der Waals surface area (Å²) in [4.78, 5) is 41.5. The highest BCUT2D eigenvalue weighted by Crippen LogP contribution is 2.29. The number of carbonyl (C=O) groups is 2. The van der Waals surface area contributed by atoms with Gasteiger partial charge in [-0.15, -0.1) is 0 Å². The van der Waals surface area contributed by atoms with E-state index in [0.29, 0.717) is 46.9 Å². The molecular weight excluding hydrogens is 422 g/mol.